The number of aromatic nitrogens is 1. The summed E-state index contributed by atoms with van der Waals surface area (Å²) in [5.41, 5.74) is 1.24. The zero-order chi connectivity index (χ0) is 14.7. The van der Waals surface area contributed by atoms with E-state index in [1.54, 1.807) is 12.1 Å². The van der Waals surface area contributed by atoms with E-state index in [4.69, 9.17) is 0 Å². The van der Waals surface area contributed by atoms with Crippen LogP contribution in [0.5, 0.6) is 0 Å². The van der Waals surface area contributed by atoms with Gasteiger partial charge in [-0.3, -0.25) is 10.1 Å². The number of hydrogen-bond acceptors (Lipinski definition) is 3. The summed E-state index contributed by atoms with van der Waals surface area (Å²) in [4.78, 5) is 13.0. The molecule has 3 rings (SSSR count). The number of nitro benzene ring substituents is 1. The molecule has 0 unspecified atom stereocenters. The van der Waals surface area contributed by atoms with Gasteiger partial charge >= 0.3 is 0 Å². The van der Waals surface area contributed by atoms with Crippen LogP contribution in [-0.4, -0.2) is 34.0 Å². The summed E-state index contributed by atoms with van der Waals surface area (Å²) in [6.45, 7) is 4.59. The number of rotatable bonds is 5. The molecule has 5 heteroatoms. The third-order valence-corrected chi connectivity index (χ3v) is 4.29. The van der Waals surface area contributed by atoms with Crippen LogP contribution >= 0.6 is 0 Å². The first-order chi connectivity index (χ1) is 10.2. The van der Waals surface area contributed by atoms with Crippen molar-refractivity contribution >= 4 is 16.6 Å². The first-order valence-electron chi connectivity index (χ1n) is 7.70. The molecular formula is C16H21N3O2. The van der Waals surface area contributed by atoms with Crippen molar-refractivity contribution in [1.82, 2.24) is 9.47 Å². The minimum atomic E-state index is -0.340. The Bertz CT molecular complexity index is 629. The standard InChI is InChI=1S/C16H21N3O2/c20-19(21)15-5-6-16-14(13-15)7-12-18(16)11-4-10-17-8-2-1-3-9-17/h5-7,12-13H,1-4,8-11H2. The van der Waals surface area contributed by atoms with Gasteiger partial charge in [0.05, 0.1) is 4.92 Å². The largest absolute Gasteiger partial charge is 0.347 e. The van der Waals surface area contributed by atoms with Crippen LogP contribution < -0.4 is 0 Å². The van der Waals surface area contributed by atoms with Gasteiger partial charge in [0.25, 0.3) is 5.69 Å². The number of fused-ring (bicyclic) bond motifs is 1. The van der Waals surface area contributed by atoms with E-state index >= 15 is 0 Å². The van der Waals surface area contributed by atoms with Crippen molar-refractivity contribution in [1.29, 1.82) is 0 Å². The Kier molecular flexibility index (Phi) is 4.20. The highest BCUT2D eigenvalue weighted by molar-refractivity contribution is 5.82. The summed E-state index contributed by atoms with van der Waals surface area (Å²) in [7, 11) is 0. The first kappa shape index (κ1) is 14.1. The summed E-state index contributed by atoms with van der Waals surface area (Å²) < 4.78 is 2.20. The number of aryl methyl sites for hydroxylation is 1. The molecule has 0 saturated carbocycles. The SMILES string of the molecule is O=[N+]([O-])c1ccc2c(ccn2CCCN2CCCCC2)c1. The van der Waals surface area contributed by atoms with E-state index in [1.807, 2.05) is 18.3 Å². The average Bonchev–Trinajstić information content (AvgIpc) is 2.91. The smallest absolute Gasteiger partial charge is 0.270 e. The zero-order valence-electron chi connectivity index (χ0n) is 12.2. The van der Waals surface area contributed by atoms with E-state index in [0.29, 0.717) is 0 Å². The Morgan fingerprint density at radius 3 is 2.67 bits per heavy atom. The van der Waals surface area contributed by atoms with Crippen LogP contribution in [0.4, 0.5) is 5.69 Å². The molecule has 1 aromatic carbocycles. The molecule has 2 heterocycles. The van der Waals surface area contributed by atoms with E-state index in [1.165, 1.54) is 32.4 Å². The second kappa shape index (κ2) is 6.26. The van der Waals surface area contributed by atoms with Crippen LogP contribution in [0.25, 0.3) is 10.9 Å². The van der Waals surface area contributed by atoms with Crippen LogP contribution in [0.2, 0.25) is 0 Å². The third-order valence-electron chi connectivity index (χ3n) is 4.29. The monoisotopic (exact) mass is 287 g/mol. The van der Waals surface area contributed by atoms with Gasteiger partial charge in [-0.05, 0) is 51.0 Å². The lowest BCUT2D eigenvalue weighted by Crippen LogP contribution is -2.31. The first-order valence-corrected chi connectivity index (χ1v) is 7.70. The predicted octanol–water partition coefficient (Wildman–Crippen LogP) is 3.43. The molecule has 0 amide bonds. The summed E-state index contributed by atoms with van der Waals surface area (Å²) in [6, 6.07) is 7.05. The van der Waals surface area contributed by atoms with Crippen LogP contribution in [0.1, 0.15) is 25.7 Å². The average molecular weight is 287 g/mol. The van der Waals surface area contributed by atoms with Gasteiger partial charge in [0.15, 0.2) is 0 Å². The van der Waals surface area contributed by atoms with Gasteiger partial charge in [0.1, 0.15) is 0 Å². The van der Waals surface area contributed by atoms with Crippen molar-refractivity contribution in [2.75, 3.05) is 19.6 Å². The van der Waals surface area contributed by atoms with Crippen LogP contribution in [0, 0.1) is 10.1 Å². The van der Waals surface area contributed by atoms with Gasteiger partial charge in [-0.15, -0.1) is 0 Å². The highest BCUT2D eigenvalue weighted by atomic mass is 16.6. The van der Waals surface area contributed by atoms with Gasteiger partial charge in [0, 0.05) is 35.8 Å². The topological polar surface area (TPSA) is 51.3 Å². The van der Waals surface area contributed by atoms with Crippen molar-refractivity contribution in [2.45, 2.75) is 32.2 Å². The fourth-order valence-corrected chi connectivity index (χ4v) is 3.14. The number of nitro groups is 1. The lowest BCUT2D eigenvalue weighted by Gasteiger charge is -2.26. The van der Waals surface area contributed by atoms with Gasteiger partial charge in [0.2, 0.25) is 0 Å². The number of piperidine rings is 1. The van der Waals surface area contributed by atoms with Gasteiger partial charge in [-0.25, -0.2) is 0 Å². The second-order valence-corrected chi connectivity index (χ2v) is 5.77. The maximum absolute atomic E-state index is 10.8. The Balaban J connectivity index is 1.63. The molecule has 5 nitrogen and oxygen atoms in total. The minimum Gasteiger partial charge on any atom is -0.347 e. The highest BCUT2D eigenvalue weighted by Crippen LogP contribution is 2.22. The van der Waals surface area contributed by atoms with Crippen LogP contribution in [-0.2, 0) is 6.54 Å². The Hall–Kier alpha value is -1.88. The number of benzene rings is 1. The van der Waals surface area contributed by atoms with E-state index in [-0.39, 0.29) is 10.6 Å². The quantitative estimate of drug-likeness (QED) is 0.625. The molecule has 0 aliphatic carbocycles. The van der Waals surface area contributed by atoms with Crippen molar-refractivity contribution in [3.05, 3.63) is 40.6 Å². The summed E-state index contributed by atoms with van der Waals surface area (Å²) in [6.07, 6.45) is 7.19. The van der Waals surface area contributed by atoms with Gasteiger partial charge in [-0.1, -0.05) is 6.42 Å². The zero-order valence-corrected chi connectivity index (χ0v) is 12.2. The molecule has 2 aromatic rings. The molecule has 0 N–H and O–H groups in total. The van der Waals surface area contributed by atoms with Crippen LogP contribution in [0.15, 0.2) is 30.5 Å². The maximum atomic E-state index is 10.8. The predicted molar refractivity (Wildman–Crippen MR) is 83.5 cm³/mol. The van der Waals surface area contributed by atoms with Crippen LogP contribution in [0.3, 0.4) is 0 Å². The van der Waals surface area contributed by atoms with Crippen molar-refractivity contribution in [3.63, 3.8) is 0 Å². The molecule has 1 saturated heterocycles. The Morgan fingerprint density at radius 2 is 1.90 bits per heavy atom. The van der Waals surface area contributed by atoms with Gasteiger partial charge < -0.3 is 9.47 Å². The van der Waals surface area contributed by atoms with Crippen molar-refractivity contribution < 1.29 is 4.92 Å². The maximum Gasteiger partial charge on any atom is 0.270 e. The molecular weight excluding hydrogens is 266 g/mol. The normalized spacial score (nSPS) is 16.4. The fraction of sp³-hybridized carbons (Fsp3) is 0.500. The van der Waals surface area contributed by atoms with E-state index in [0.717, 1.165) is 30.4 Å². The molecule has 21 heavy (non-hydrogen) atoms. The molecule has 1 fully saturated rings. The molecule has 1 aliphatic rings. The van der Waals surface area contributed by atoms with Crippen molar-refractivity contribution in [3.8, 4) is 0 Å². The molecule has 0 radical (unpaired) electrons. The number of non-ortho nitro benzene ring substituents is 1. The van der Waals surface area contributed by atoms with E-state index < -0.39 is 0 Å². The molecule has 0 bridgehead atoms. The number of nitrogens with zero attached hydrogens (tertiary/aromatic N) is 3. The molecule has 0 atom stereocenters. The summed E-state index contributed by atoms with van der Waals surface area (Å²) in [5.74, 6) is 0. The Morgan fingerprint density at radius 1 is 1.10 bits per heavy atom. The lowest BCUT2D eigenvalue weighted by molar-refractivity contribution is -0.384. The van der Waals surface area contributed by atoms with E-state index in [9.17, 15) is 10.1 Å². The number of hydrogen-bond donors (Lipinski definition) is 0. The second-order valence-electron chi connectivity index (χ2n) is 5.77. The minimum absolute atomic E-state index is 0.161. The molecule has 112 valence electrons. The fourth-order valence-electron chi connectivity index (χ4n) is 3.14. The highest BCUT2D eigenvalue weighted by Gasteiger charge is 2.11. The molecule has 1 aliphatic heterocycles. The summed E-state index contributed by atoms with van der Waals surface area (Å²) in [5, 5.41) is 11.7. The summed E-state index contributed by atoms with van der Waals surface area (Å²) >= 11 is 0. The molecule has 1 aromatic heterocycles. The van der Waals surface area contributed by atoms with Gasteiger partial charge in [-0.2, -0.15) is 0 Å². The lowest BCUT2D eigenvalue weighted by atomic mass is 10.1. The van der Waals surface area contributed by atoms with Crippen molar-refractivity contribution in [2.24, 2.45) is 0 Å². The van der Waals surface area contributed by atoms with E-state index in [2.05, 4.69) is 9.47 Å². The third kappa shape index (κ3) is 3.24. The Labute approximate surface area is 124 Å². The number of likely N-dealkylation sites (tertiary alicyclic amines) is 1. The molecule has 0 spiro atoms.